The van der Waals surface area contributed by atoms with Crippen LogP contribution in [0.1, 0.15) is 0 Å². The summed E-state index contributed by atoms with van der Waals surface area (Å²) >= 11 is 9.73. The third-order valence-corrected chi connectivity index (χ3v) is 0.183. The molecule has 0 aromatic carbocycles. The summed E-state index contributed by atoms with van der Waals surface area (Å²) in [5.74, 6) is -3.65. The van der Waals surface area contributed by atoms with Crippen molar-refractivity contribution in [1.29, 1.82) is 0 Å². The van der Waals surface area contributed by atoms with E-state index in [4.69, 9.17) is 59.7 Å². The van der Waals surface area contributed by atoms with Gasteiger partial charge in [0.15, 0.2) is 0 Å². The number of hydrogen-bond acceptors (Lipinski definition) is 14. The van der Waals surface area contributed by atoms with Crippen LogP contribution in [0.3, 0.4) is 0 Å². The summed E-state index contributed by atoms with van der Waals surface area (Å²) in [6, 6.07) is 0. The Morgan fingerprint density at radius 1 is 0.609 bits per heavy atom. The van der Waals surface area contributed by atoms with E-state index in [1.54, 1.807) is 0 Å². The van der Waals surface area contributed by atoms with Crippen LogP contribution >= 0.6 is 0 Å². The summed E-state index contributed by atoms with van der Waals surface area (Å²) in [5, 5.41) is 14.8. The van der Waals surface area contributed by atoms with Gasteiger partial charge in [-0.2, -0.15) is 0 Å². The monoisotopic (exact) mass is 538 g/mol. The van der Waals surface area contributed by atoms with Gasteiger partial charge in [0.2, 0.25) is 0 Å². The van der Waals surface area contributed by atoms with Crippen molar-refractivity contribution in [2.75, 3.05) is 0 Å². The quantitative estimate of drug-likeness (QED) is 0.221. The minimum Gasteiger partial charge on any atom is -0.780 e. The smallest absolute Gasteiger partial charge is 0.780 e. The van der Waals surface area contributed by atoms with E-state index in [1.807, 2.05) is 0 Å². The fourth-order valence-corrected chi connectivity index (χ4v) is 0. The van der Waals surface area contributed by atoms with Gasteiger partial charge in [0, 0.05) is 0 Å². The number of carboxylic acids is 2. The van der Waals surface area contributed by atoms with E-state index in [2.05, 4.69) is 33.6 Å². The van der Waals surface area contributed by atoms with Crippen LogP contribution in [0.2, 0.25) is 0 Å². The molecule has 0 fully saturated rings. The minimum absolute atomic E-state index is 0. The van der Waals surface area contributed by atoms with Crippen molar-refractivity contribution in [3.05, 3.63) is 0 Å². The van der Waals surface area contributed by atoms with E-state index in [1.165, 1.54) is 0 Å². The number of carbonyl (C=O) groups is 2. The van der Waals surface area contributed by atoms with Crippen molar-refractivity contribution in [2.24, 2.45) is 0 Å². The van der Waals surface area contributed by atoms with Crippen LogP contribution in [0.5, 0.6) is 0 Å². The first kappa shape index (κ1) is 39.1. The van der Waals surface area contributed by atoms with Crippen LogP contribution in [0.15, 0.2) is 0 Å². The standard InChI is InChI=1S/C2H2O4.2Fe.3H2O3S2/c3-1(4)2(5)6;;;3*1-5(2,3)4/h(H,3,4)(H,5,6);;;3*(H2,1,2,3,4)/q;2*+3;;;/p-6. The Bertz CT molecular complexity index is 508. The zero-order valence-electron chi connectivity index (χ0n) is 9.54. The van der Waals surface area contributed by atoms with Gasteiger partial charge in [0.05, 0.1) is 0 Å². The summed E-state index contributed by atoms with van der Waals surface area (Å²) in [6.45, 7) is 0. The Balaban J connectivity index is -0.0000000408. The Labute approximate surface area is 165 Å². The molecule has 2 N–H and O–H groups in total. The van der Waals surface area contributed by atoms with Gasteiger partial charge in [-0.3, -0.25) is 12.6 Å². The summed E-state index contributed by atoms with van der Waals surface area (Å²) in [4.78, 5) is 18.2. The van der Waals surface area contributed by atoms with Gasteiger partial charge in [-0.25, -0.2) is 9.59 Å². The van der Waals surface area contributed by atoms with E-state index in [0.717, 1.165) is 0 Å². The zero-order chi connectivity index (χ0) is 18.7. The van der Waals surface area contributed by atoms with Crippen molar-refractivity contribution >= 4 is 72.7 Å². The molecular weight excluding hydrogens is 536 g/mol. The Morgan fingerprint density at radius 2 is 0.652 bits per heavy atom. The Kier molecular flexibility index (Phi) is 30.0. The van der Waals surface area contributed by atoms with Gasteiger partial charge in [0.1, 0.15) is 0 Å². The van der Waals surface area contributed by atoms with Gasteiger partial charge in [-0.15, -0.1) is 27.2 Å². The van der Waals surface area contributed by atoms with Crippen molar-refractivity contribution in [1.82, 2.24) is 0 Å². The van der Waals surface area contributed by atoms with Crippen molar-refractivity contribution in [3.8, 4) is 0 Å². The van der Waals surface area contributed by atoms with Gasteiger partial charge in [0.25, 0.3) is 0 Å². The van der Waals surface area contributed by atoms with Crippen LogP contribution < -0.4 is 0 Å². The van der Waals surface area contributed by atoms with E-state index in [-0.39, 0.29) is 34.1 Å². The van der Waals surface area contributed by atoms with E-state index < -0.39 is 39.1 Å². The number of rotatable bonds is 0. The predicted molar refractivity (Wildman–Crippen MR) is 66.5 cm³/mol. The maximum Gasteiger partial charge on any atom is 3.00 e. The maximum atomic E-state index is 9.10. The molecule has 0 unspecified atom stereocenters. The van der Waals surface area contributed by atoms with Crippen LogP contribution in [0.4, 0.5) is 0 Å². The third kappa shape index (κ3) is 422. The second kappa shape index (κ2) is 17.7. The molecule has 2 radical (unpaired) electrons. The summed E-state index contributed by atoms with van der Waals surface area (Å²) in [5.41, 5.74) is 0. The van der Waals surface area contributed by atoms with Crippen molar-refractivity contribution in [2.45, 2.75) is 0 Å². The third-order valence-electron chi connectivity index (χ3n) is 0.183. The molecule has 13 nitrogen and oxygen atoms in total. The van der Waals surface area contributed by atoms with Gasteiger partial charge in [-0.1, -0.05) is 0 Å². The fraction of sp³-hybridized carbons (Fsp3) is 0. The summed E-state index contributed by atoms with van der Waals surface area (Å²) in [6.07, 6.45) is 0. The van der Waals surface area contributed by atoms with Crippen molar-refractivity contribution in [3.63, 3.8) is 0 Å². The molecule has 0 aliphatic rings. The van der Waals surface area contributed by atoms with Crippen molar-refractivity contribution < 1.29 is 93.9 Å². The Morgan fingerprint density at radius 3 is 0.652 bits per heavy atom. The first-order valence-corrected chi connectivity index (χ1v) is 10.1. The first-order valence-electron chi connectivity index (χ1n) is 3.11. The van der Waals surface area contributed by atoms with E-state index in [0.29, 0.717) is 0 Å². The second-order valence-corrected chi connectivity index (χ2v) is 7.96. The van der Waals surface area contributed by atoms with Crippen LogP contribution in [-0.2, 0) is 104 Å². The minimum atomic E-state index is -4.33. The molecule has 0 spiro atoms. The second-order valence-electron chi connectivity index (χ2n) is 1.84. The Hall–Kier alpha value is 0.849. The van der Waals surface area contributed by atoms with Crippen LogP contribution in [0.25, 0.3) is 0 Å². The summed E-state index contributed by atoms with van der Waals surface area (Å²) in [7, 11) is -13.0. The normalized spacial score (nSPS) is 9.48. The summed E-state index contributed by atoms with van der Waals surface area (Å²) < 4.78 is 80.0. The number of aliphatic carboxylic acids is 2. The molecule has 23 heavy (non-hydrogen) atoms. The van der Waals surface area contributed by atoms with Gasteiger partial charge in [-0.05, 0) is 33.6 Å². The average Bonchev–Trinajstić information content (AvgIpc) is 1.92. The molecule has 0 bridgehead atoms. The molecule has 0 aromatic heterocycles. The van der Waals surface area contributed by atoms with E-state index in [9.17, 15) is 0 Å². The maximum absolute atomic E-state index is 9.10. The predicted octanol–water partition coefficient (Wildman–Crippen LogP) is -3.87. The zero-order valence-corrected chi connectivity index (χ0v) is 16.6. The molecule has 0 saturated heterocycles. The largest absolute Gasteiger partial charge is 3.00 e. The SMILES string of the molecule is O=C(O)C(=O)O.O=S([O-])([O-])=S.O=S([O-])([O-])=S.O=S([O-])([O-])=S.[Fe+3].[Fe+3]. The average molecular weight is 538 g/mol. The molecule has 21 heteroatoms. The fourth-order valence-electron chi connectivity index (χ4n) is 0. The molecule has 140 valence electrons. The number of carboxylic acid groups (broad SMARTS) is 2. The van der Waals surface area contributed by atoms with Crippen LogP contribution in [0, 0.1) is 0 Å². The van der Waals surface area contributed by atoms with E-state index >= 15 is 0 Å². The molecular formula is C2H2Fe2O13S6. The van der Waals surface area contributed by atoms with Gasteiger partial charge < -0.3 is 37.5 Å². The molecule has 0 heterocycles. The molecule has 0 aliphatic carbocycles. The topological polar surface area (TPSA) is 264 Å². The number of hydrogen-bond donors (Lipinski definition) is 2. The molecule has 0 saturated carbocycles. The molecule has 0 rings (SSSR count). The molecule has 0 atom stereocenters. The van der Waals surface area contributed by atoms with Crippen LogP contribution in [-0.4, -0.2) is 62.1 Å². The van der Waals surface area contributed by atoms with Gasteiger partial charge >= 0.3 is 46.1 Å². The molecule has 0 aromatic rings. The molecule has 0 aliphatic heterocycles. The first-order chi connectivity index (χ1) is 8.64. The molecule has 0 amide bonds.